The van der Waals surface area contributed by atoms with Gasteiger partial charge in [-0.05, 0) is 49.6 Å². The van der Waals surface area contributed by atoms with Crippen LogP contribution >= 0.6 is 23.2 Å². The number of carbonyl (C=O) groups is 4. The van der Waals surface area contributed by atoms with E-state index in [1.165, 1.54) is 19.1 Å². The van der Waals surface area contributed by atoms with Crippen molar-refractivity contribution in [3.8, 4) is 0 Å². The van der Waals surface area contributed by atoms with Crippen LogP contribution in [0.25, 0.3) is 0 Å². The predicted octanol–water partition coefficient (Wildman–Crippen LogP) is 4.13. The lowest BCUT2D eigenvalue weighted by atomic mass is 10.1. The molecule has 0 saturated carbocycles. The third-order valence-corrected chi connectivity index (χ3v) is 6.44. The van der Waals surface area contributed by atoms with Gasteiger partial charge in [0.25, 0.3) is 11.8 Å². The zero-order valence-corrected chi connectivity index (χ0v) is 18.9. The summed E-state index contributed by atoms with van der Waals surface area (Å²) in [5.41, 5.74) is 1.65. The van der Waals surface area contributed by atoms with Gasteiger partial charge in [0.15, 0.2) is 0 Å². The van der Waals surface area contributed by atoms with Gasteiger partial charge in [0.1, 0.15) is 6.04 Å². The summed E-state index contributed by atoms with van der Waals surface area (Å²) in [6.07, 6.45) is 2.46. The second-order valence-corrected chi connectivity index (χ2v) is 8.74. The normalized spacial score (nSPS) is 16.9. The van der Waals surface area contributed by atoms with Crippen LogP contribution in [0.2, 0.25) is 10.0 Å². The number of nitrogens with zero attached hydrogens (tertiary/aromatic N) is 2. The lowest BCUT2D eigenvalue weighted by Gasteiger charge is -2.27. The molecule has 1 unspecified atom stereocenters. The molecule has 1 atom stereocenters. The number of fused-ring (bicyclic) bond motifs is 1. The molecular formula is C23H21Cl2N3O4. The molecule has 0 radical (unpaired) electrons. The lowest BCUT2D eigenvalue weighted by Crippen LogP contribution is -2.45. The zero-order chi connectivity index (χ0) is 23.0. The van der Waals surface area contributed by atoms with Crippen molar-refractivity contribution in [3.63, 3.8) is 0 Å². The van der Waals surface area contributed by atoms with Crippen molar-refractivity contribution in [2.45, 2.75) is 38.8 Å². The first-order valence-corrected chi connectivity index (χ1v) is 11.1. The van der Waals surface area contributed by atoms with Crippen molar-refractivity contribution >= 4 is 52.5 Å². The van der Waals surface area contributed by atoms with Gasteiger partial charge in [-0.2, -0.15) is 0 Å². The van der Waals surface area contributed by atoms with Crippen LogP contribution in [0.15, 0.2) is 36.4 Å². The first-order valence-electron chi connectivity index (χ1n) is 10.3. The fourth-order valence-electron chi connectivity index (χ4n) is 3.96. The molecule has 9 heteroatoms. The van der Waals surface area contributed by atoms with E-state index in [-0.39, 0.29) is 27.1 Å². The summed E-state index contributed by atoms with van der Waals surface area (Å²) in [6.45, 7) is 2.68. The van der Waals surface area contributed by atoms with E-state index in [0.717, 1.165) is 29.8 Å². The molecule has 2 aromatic carbocycles. The molecule has 4 amide bonds. The number of hydrogen-bond donors (Lipinski definition) is 1. The summed E-state index contributed by atoms with van der Waals surface area (Å²) in [7, 11) is 0. The topological polar surface area (TPSA) is 86.8 Å². The van der Waals surface area contributed by atoms with E-state index in [4.69, 9.17) is 23.2 Å². The highest BCUT2D eigenvalue weighted by molar-refractivity contribution is 6.43. The van der Waals surface area contributed by atoms with Crippen molar-refractivity contribution in [2.75, 3.05) is 11.9 Å². The number of halogens is 2. The van der Waals surface area contributed by atoms with Gasteiger partial charge in [0.2, 0.25) is 11.8 Å². The zero-order valence-electron chi connectivity index (χ0n) is 17.4. The van der Waals surface area contributed by atoms with Gasteiger partial charge in [0.05, 0.1) is 21.2 Å². The molecule has 0 aromatic heterocycles. The van der Waals surface area contributed by atoms with E-state index >= 15 is 0 Å². The minimum absolute atomic E-state index is 0.122. The van der Waals surface area contributed by atoms with Crippen molar-refractivity contribution in [1.82, 2.24) is 9.80 Å². The fraction of sp³-hybridized carbons (Fsp3) is 0.304. The quantitative estimate of drug-likeness (QED) is 0.661. The Kier molecular flexibility index (Phi) is 6.22. The van der Waals surface area contributed by atoms with E-state index in [2.05, 4.69) is 5.32 Å². The Hall–Kier alpha value is -2.90. The molecule has 2 aliphatic rings. The first-order chi connectivity index (χ1) is 15.3. The Balaban J connectivity index is 1.47. The smallest absolute Gasteiger partial charge is 0.262 e. The summed E-state index contributed by atoms with van der Waals surface area (Å²) in [5, 5.41) is 3.08. The number of hydrogen-bond acceptors (Lipinski definition) is 4. The van der Waals surface area contributed by atoms with Crippen molar-refractivity contribution in [2.24, 2.45) is 0 Å². The molecule has 0 bridgehead atoms. The van der Waals surface area contributed by atoms with Crippen LogP contribution in [-0.4, -0.2) is 46.0 Å². The fourth-order valence-corrected chi connectivity index (χ4v) is 4.29. The third kappa shape index (κ3) is 4.23. The maximum Gasteiger partial charge on any atom is 0.262 e. The monoisotopic (exact) mass is 473 g/mol. The molecule has 2 aliphatic heterocycles. The number of anilines is 1. The number of benzene rings is 2. The number of piperidine rings is 1. The average Bonchev–Trinajstić information content (AvgIpc) is 2.99. The van der Waals surface area contributed by atoms with Gasteiger partial charge in [0, 0.05) is 25.2 Å². The SMILES string of the molecule is CC(C(=O)Nc1cccc(CN2CCCCC2=O)c1)N1C(=O)c2cc(Cl)c(Cl)cc2C1=O. The Labute approximate surface area is 195 Å². The highest BCUT2D eigenvalue weighted by atomic mass is 35.5. The molecule has 2 aromatic rings. The Morgan fingerprint density at radius 3 is 2.31 bits per heavy atom. The van der Waals surface area contributed by atoms with E-state index in [0.29, 0.717) is 18.7 Å². The number of likely N-dealkylation sites (tertiary alicyclic amines) is 1. The molecular weight excluding hydrogens is 453 g/mol. The minimum atomic E-state index is -1.05. The lowest BCUT2D eigenvalue weighted by molar-refractivity contribution is -0.133. The van der Waals surface area contributed by atoms with E-state index in [9.17, 15) is 19.2 Å². The molecule has 0 aliphatic carbocycles. The maximum absolute atomic E-state index is 12.9. The van der Waals surface area contributed by atoms with Crippen LogP contribution < -0.4 is 5.32 Å². The van der Waals surface area contributed by atoms with Crippen LogP contribution in [0.1, 0.15) is 52.5 Å². The number of carbonyl (C=O) groups excluding carboxylic acids is 4. The molecule has 166 valence electrons. The number of amides is 4. The Bertz CT molecular complexity index is 1090. The highest BCUT2D eigenvalue weighted by Crippen LogP contribution is 2.32. The van der Waals surface area contributed by atoms with Gasteiger partial charge >= 0.3 is 0 Å². The molecule has 1 fully saturated rings. The van der Waals surface area contributed by atoms with E-state index in [1.807, 2.05) is 11.0 Å². The first kappa shape index (κ1) is 22.3. The van der Waals surface area contributed by atoms with Gasteiger partial charge in [-0.25, -0.2) is 0 Å². The van der Waals surface area contributed by atoms with Crippen LogP contribution in [0.5, 0.6) is 0 Å². The van der Waals surface area contributed by atoms with E-state index in [1.54, 1.807) is 18.2 Å². The number of nitrogens with one attached hydrogen (secondary N) is 1. The number of imide groups is 1. The summed E-state index contributed by atoms with van der Waals surface area (Å²) >= 11 is 12.0. The second-order valence-electron chi connectivity index (χ2n) is 7.93. The van der Waals surface area contributed by atoms with Gasteiger partial charge in [-0.3, -0.25) is 24.1 Å². The van der Waals surface area contributed by atoms with Gasteiger partial charge in [-0.1, -0.05) is 35.3 Å². The Morgan fingerprint density at radius 1 is 1.03 bits per heavy atom. The summed E-state index contributed by atoms with van der Waals surface area (Å²) < 4.78 is 0. The van der Waals surface area contributed by atoms with Crippen molar-refractivity contribution in [1.29, 1.82) is 0 Å². The second kappa shape index (κ2) is 8.92. The third-order valence-electron chi connectivity index (χ3n) is 5.71. The molecule has 0 spiro atoms. The minimum Gasteiger partial charge on any atom is -0.338 e. The largest absolute Gasteiger partial charge is 0.338 e. The van der Waals surface area contributed by atoms with Crippen molar-refractivity contribution in [3.05, 3.63) is 63.1 Å². The van der Waals surface area contributed by atoms with Crippen LogP contribution in [-0.2, 0) is 16.1 Å². The maximum atomic E-state index is 12.9. The number of rotatable bonds is 5. The summed E-state index contributed by atoms with van der Waals surface area (Å²) in [5.74, 6) is -1.57. The standard InChI is InChI=1S/C23H21Cl2N3O4/c1-13(28-22(31)16-10-18(24)19(25)11-17(16)23(28)32)21(30)26-15-6-4-5-14(9-15)12-27-8-3-2-7-20(27)29/h4-6,9-11,13H,2-3,7-8,12H2,1H3,(H,26,30). The molecule has 1 saturated heterocycles. The highest BCUT2D eigenvalue weighted by Gasteiger charge is 2.41. The Morgan fingerprint density at radius 2 is 1.69 bits per heavy atom. The molecule has 1 N–H and O–H groups in total. The van der Waals surface area contributed by atoms with Crippen LogP contribution in [0, 0.1) is 0 Å². The molecule has 2 heterocycles. The van der Waals surface area contributed by atoms with Crippen LogP contribution in [0.4, 0.5) is 5.69 Å². The van der Waals surface area contributed by atoms with Gasteiger partial charge < -0.3 is 10.2 Å². The van der Waals surface area contributed by atoms with Crippen LogP contribution in [0.3, 0.4) is 0 Å². The van der Waals surface area contributed by atoms with Gasteiger partial charge in [-0.15, -0.1) is 0 Å². The average molecular weight is 474 g/mol. The molecule has 4 rings (SSSR count). The predicted molar refractivity (Wildman–Crippen MR) is 121 cm³/mol. The summed E-state index contributed by atoms with van der Waals surface area (Å²) in [4.78, 5) is 53.2. The summed E-state index contributed by atoms with van der Waals surface area (Å²) in [6, 6.07) is 8.81. The van der Waals surface area contributed by atoms with Crippen molar-refractivity contribution < 1.29 is 19.2 Å². The molecule has 7 nitrogen and oxygen atoms in total. The van der Waals surface area contributed by atoms with E-state index < -0.39 is 23.8 Å². The molecule has 32 heavy (non-hydrogen) atoms.